The van der Waals surface area contributed by atoms with Crippen LogP contribution in [-0.4, -0.2) is 30.7 Å². The molecule has 36 heavy (non-hydrogen) atoms. The van der Waals surface area contributed by atoms with Crippen molar-refractivity contribution in [3.05, 3.63) is 89.0 Å². The molecule has 5 rings (SSSR count). The van der Waals surface area contributed by atoms with Gasteiger partial charge in [0.1, 0.15) is 24.1 Å². The maximum absolute atomic E-state index is 12.9. The van der Waals surface area contributed by atoms with Crippen LogP contribution in [0.5, 0.6) is 5.75 Å². The number of aromatic nitrogens is 3. The van der Waals surface area contributed by atoms with Gasteiger partial charge in [-0.2, -0.15) is 0 Å². The molecule has 0 spiro atoms. The van der Waals surface area contributed by atoms with Gasteiger partial charge in [-0.1, -0.05) is 22.8 Å². The van der Waals surface area contributed by atoms with Crippen LogP contribution in [0.3, 0.4) is 0 Å². The number of methoxy groups -OCH3 is 1. The highest BCUT2D eigenvalue weighted by Crippen LogP contribution is 2.39. The highest BCUT2D eigenvalue weighted by atomic mass is 35.5. The van der Waals surface area contributed by atoms with E-state index in [2.05, 4.69) is 21.2 Å². The first-order valence-corrected chi connectivity index (χ1v) is 13.1. The number of sulfone groups is 1. The molecule has 0 aliphatic heterocycles. The molecule has 0 saturated heterocycles. The predicted molar refractivity (Wildman–Crippen MR) is 139 cm³/mol. The van der Waals surface area contributed by atoms with Crippen LogP contribution in [0.2, 0.25) is 5.02 Å². The van der Waals surface area contributed by atoms with Crippen molar-refractivity contribution < 1.29 is 17.7 Å². The second kappa shape index (κ2) is 9.37. The van der Waals surface area contributed by atoms with Crippen LogP contribution in [0.1, 0.15) is 16.8 Å². The lowest BCUT2D eigenvalue weighted by Gasteiger charge is -2.15. The normalized spacial score (nSPS) is 11.7. The van der Waals surface area contributed by atoms with Gasteiger partial charge in [0.25, 0.3) is 0 Å². The molecule has 3 aromatic carbocycles. The molecule has 0 fully saturated rings. The molecule has 0 aliphatic carbocycles. The summed E-state index contributed by atoms with van der Waals surface area (Å²) in [6.07, 6.45) is 2.79. The Hall–Kier alpha value is -3.75. The lowest BCUT2D eigenvalue weighted by Crippen LogP contribution is -2.05. The minimum atomic E-state index is -3.63. The molecule has 2 heterocycles. The van der Waals surface area contributed by atoms with Crippen molar-refractivity contribution in [2.24, 2.45) is 0 Å². The molecule has 9 heteroatoms. The maximum Gasteiger partial charge on any atom is 0.184 e. The van der Waals surface area contributed by atoms with Gasteiger partial charge in [-0.15, -0.1) is 0 Å². The van der Waals surface area contributed by atoms with E-state index in [0.717, 1.165) is 33.2 Å². The van der Waals surface area contributed by atoms with E-state index < -0.39 is 9.84 Å². The Morgan fingerprint density at radius 2 is 1.78 bits per heavy atom. The van der Waals surface area contributed by atoms with Crippen LogP contribution in [-0.2, 0) is 15.6 Å². The molecule has 182 valence electrons. The number of nitrogens with zero attached hydrogens (tertiary/aromatic N) is 3. The minimum absolute atomic E-state index is 0.158. The second-order valence-corrected chi connectivity index (χ2v) is 10.9. The maximum atomic E-state index is 12.9. The van der Waals surface area contributed by atoms with Gasteiger partial charge in [0, 0.05) is 27.6 Å². The standard InChI is InChI=1S/C27H22ClN3O4S/c1-16-11-23(18-4-7-24(28)17(2)10-18)26(34-3)13-22(16)27-21-6-5-20(12-25(21)29-15-30-27)36(32,33)14-19-8-9-35-31-19/h4-13,15H,14H2,1-3H3. The molecule has 5 aromatic rings. The van der Waals surface area contributed by atoms with Crippen molar-refractivity contribution in [3.63, 3.8) is 0 Å². The topological polar surface area (TPSA) is 95.2 Å². The molecule has 0 unspecified atom stereocenters. The highest BCUT2D eigenvalue weighted by molar-refractivity contribution is 7.90. The summed E-state index contributed by atoms with van der Waals surface area (Å²) < 4.78 is 36.3. The van der Waals surface area contributed by atoms with Crippen LogP contribution in [0.25, 0.3) is 33.3 Å². The highest BCUT2D eigenvalue weighted by Gasteiger charge is 2.20. The first kappa shape index (κ1) is 24.0. The van der Waals surface area contributed by atoms with E-state index in [4.69, 9.17) is 20.9 Å². The summed E-state index contributed by atoms with van der Waals surface area (Å²) in [6, 6.07) is 16.3. The molecule has 0 bridgehead atoms. The quantitative estimate of drug-likeness (QED) is 0.263. The third-order valence-electron chi connectivity index (χ3n) is 6.07. The summed E-state index contributed by atoms with van der Waals surface area (Å²) in [4.78, 5) is 9.04. The van der Waals surface area contributed by atoms with Crippen LogP contribution in [0, 0.1) is 13.8 Å². The van der Waals surface area contributed by atoms with Crippen LogP contribution >= 0.6 is 11.6 Å². The lowest BCUT2D eigenvalue weighted by atomic mass is 9.95. The van der Waals surface area contributed by atoms with Gasteiger partial charge in [-0.25, -0.2) is 18.4 Å². The van der Waals surface area contributed by atoms with E-state index in [-0.39, 0.29) is 10.6 Å². The zero-order valence-corrected chi connectivity index (χ0v) is 21.4. The third-order valence-corrected chi connectivity index (χ3v) is 8.14. The van der Waals surface area contributed by atoms with Gasteiger partial charge in [-0.3, -0.25) is 0 Å². The third kappa shape index (κ3) is 4.45. The molecular weight excluding hydrogens is 498 g/mol. The van der Waals surface area contributed by atoms with Gasteiger partial charge < -0.3 is 9.26 Å². The molecule has 0 amide bonds. The number of aryl methyl sites for hydroxylation is 2. The predicted octanol–water partition coefficient (Wildman–Crippen LogP) is 6.20. The number of ether oxygens (including phenoxy) is 1. The van der Waals surface area contributed by atoms with Crippen molar-refractivity contribution in [3.8, 4) is 28.1 Å². The summed E-state index contributed by atoms with van der Waals surface area (Å²) in [5.74, 6) is 0.436. The minimum Gasteiger partial charge on any atom is -0.496 e. The van der Waals surface area contributed by atoms with Crippen molar-refractivity contribution in [2.45, 2.75) is 24.5 Å². The van der Waals surface area contributed by atoms with Crippen LogP contribution < -0.4 is 4.74 Å². The largest absolute Gasteiger partial charge is 0.496 e. The van der Waals surface area contributed by atoms with Crippen molar-refractivity contribution in [1.82, 2.24) is 15.1 Å². The zero-order valence-electron chi connectivity index (χ0n) is 19.8. The van der Waals surface area contributed by atoms with E-state index >= 15 is 0 Å². The van der Waals surface area contributed by atoms with E-state index in [0.29, 0.717) is 27.7 Å². The van der Waals surface area contributed by atoms with Crippen molar-refractivity contribution >= 4 is 32.3 Å². The van der Waals surface area contributed by atoms with E-state index in [1.165, 1.54) is 18.7 Å². The average molecular weight is 520 g/mol. The van der Waals surface area contributed by atoms with Crippen LogP contribution in [0.15, 0.2) is 76.6 Å². The Bertz CT molecular complexity index is 1700. The SMILES string of the molecule is COc1cc(-c2ncnc3cc(S(=O)(=O)Cc4ccon4)ccc23)c(C)cc1-c1ccc(Cl)c(C)c1. The Morgan fingerprint density at radius 1 is 0.944 bits per heavy atom. The molecule has 7 nitrogen and oxygen atoms in total. The summed E-state index contributed by atoms with van der Waals surface area (Å²) in [6.45, 7) is 3.97. The first-order chi connectivity index (χ1) is 17.3. The monoisotopic (exact) mass is 519 g/mol. The van der Waals surface area contributed by atoms with Crippen molar-refractivity contribution in [1.29, 1.82) is 0 Å². The smallest absolute Gasteiger partial charge is 0.184 e. The molecule has 0 atom stereocenters. The Morgan fingerprint density at radius 3 is 2.50 bits per heavy atom. The fourth-order valence-electron chi connectivity index (χ4n) is 4.18. The zero-order chi connectivity index (χ0) is 25.4. The molecule has 0 N–H and O–H groups in total. The van der Waals surface area contributed by atoms with E-state index in [1.54, 1.807) is 25.3 Å². The molecule has 0 saturated carbocycles. The number of hydrogen-bond acceptors (Lipinski definition) is 7. The Kier molecular flexibility index (Phi) is 6.24. The summed E-state index contributed by atoms with van der Waals surface area (Å²) in [5, 5.41) is 5.15. The average Bonchev–Trinajstić information content (AvgIpc) is 3.37. The number of rotatable bonds is 6. The number of hydrogen-bond donors (Lipinski definition) is 0. The van der Waals surface area contributed by atoms with Gasteiger partial charge in [0.15, 0.2) is 9.84 Å². The fourth-order valence-corrected chi connectivity index (χ4v) is 5.57. The summed E-state index contributed by atoms with van der Waals surface area (Å²) >= 11 is 6.22. The molecule has 0 radical (unpaired) electrons. The van der Waals surface area contributed by atoms with Crippen molar-refractivity contribution in [2.75, 3.05) is 7.11 Å². The molecule has 0 aliphatic rings. The number of fused-ring (bicyclic) bond motifs is 1. The number of benzene rings is 3. The molecule has 2 aromatic heterocycles. The Labute approximate surface area is 213 Å². The lowest BCUT2D eigenvalue weighted by molar-refractivity contribution is 0.413. The summed E-state index contributed by atoms with van der Waals surface area (Å²) in [5.41, 5.74) is 6.34. The number of halogens is 1. The van der Waals surface area contributed by atoms with Gasteiger partial charge in [-0.05, 0) is 73.0 Å². The summed E-state index contributed by atoms with van der Waals surface area (Å²) in [7, 11) is -2.00. The van der Waals surface area contributed by atoms with E-state index in [1.807, 2.05) is 38.1 Å². The van der Waals surface area contributed by atoms with Gasteiger partial charge in [0.2, 0.25) is 0 Å². The van der Waals surface area contributed by atoms with Crippen LogP contribution in [0.4, 0.5) is 0 Å². The first-order valence-electron chi connectivity index (χ1n) is 11.1. The van der Waals surface area contributed by atoms with Gasteiger partial charge >= 0.3 is 0 Å². The Balaban J connectivity index is 1.59. The molecular formula is C27H22ClN3O4S. The fraction of sp³-hybridized carbons (Fsp3) is 0.148. The van der Waals surface area contributed by atoms with Gasteiger partial charge in [0.05, 0.1) is 28.9 Å². The second-order valence-electron chi connectivity index (χ2n) is 8.48. The van der Waals surface area contributed by atoms with E-state index in [9.17, 15) is 8.42 Å².